The summed E-state index contributed by atoms with van der Waals surface area (Å²) in [6, 6.07) is 8.10. The van der Waals surface area contributed by atoms with Crippen molar-refractivity contribution in [2.75, 3.05) is 13.7 Å². The van der Waals surface area contributed by atoms with Crippen LogP contribution in [0.5, 0.6) is 5.75 Å². The first-order valence-electron chi connectivity index (χ1n) is 6.25. The Labute approximate surface area is 109 Å². The Morgan fingerprint density at radius 1 is 1.39 bits per heavy atom. The standard InChI is InChI=1S/C14H22N2O2/c1-11(2)16-14(17)7-8-15-10-12-5-4-6-13(9-12)18-3/h4-6,9,11,15H,7-8,10H2,1-3H3,(H,16,17). The normalized spacial score (nSPS) is 10.4. The van der Waals surface area contributed by atoms with Crippen molar-refractivity contribution in [1.82, 2.24) is 10.6 Å². The molecule has 0 aliphatic carbocycles. The number of benzene rings is 1. The molecule has 0 aromatic heterocycles. The van der Waals surface area contributed by atoms with E-state index in [1.165, 1.54) is 0 Å². The highest BCUT2D eigenvalue weighted by molar-refractivity contribution is 5.76. The number of ether oxygens (including phenoxy) is 1. The summed E-state index contributed by atoms with van der Waals surface area (Å²) in [5.74, 6) is 0.940. The smallest absolute Gasteiger partial charge is 0.221 e. The van der Waals surface area contributed by atoms with Crippen molar-refractivity contribution in [1.29, 1.82) is 0 Å². The molecule has 0 saturated carbocycles. The molecular weight excluding hydrogens is 228 g/mol. The molecule has 4 heteroatoms. The van der Waals surface area contributed by atoms with Crippen LogP contribution in [0.15, 0.2) is 24.3 Å². The van der Waals surface area contributed by atoms with Gasteiger partial charge in [0, 0.05) is 25.6 Å². The molecule has 0 aliphatic rings. The Morgan fingerprint density at radius 3 is 2.83 bits per heavy atom. The summed E-state index contributed by atoms with van der Waals surface area (Å²) < 4.78 is 5.15. The summed E-state index contributed by atoms with van der Waals surface area (Å²) in [5.41, 5.74) is 1.15. The van der Waals surface area contributed by atoms with Crippen molar-refractivity contribution in [2.24, 2.45) is 0 Å². The van der Waals surface area contributed by atoms with Crippen LogP contribution in [0, 0.1) is 0 Å². The van der Waals surface area contributed by atoms with Crippen LogP contribution in [0.1, 0.15) is 25.8 Å². The van der Waals surface area contributed by atoms with Crippen LogP contribution >= 0.6 is 0 Å². The van der Waals surface area contributed by atoms with Gasteiger partial charge in [0.25, 0.3) is 0 Å². The van der Waals surface area contributed by atoms with Crippen molar-refractivity contribution < 1.29 is 9.53 Å². The minimum Gasteiger partial charge on any atom is -0.497 e. The fourth-order valence-corrected chi connectivity index (χ4v) is 1.61. The molecule has 1 rings (SSSR count). The molecule has 1 aromatic rings. The van der Waals surface area contributed by atoms with Crippen LogP contribution < -0.4 is 15.4 Å². The summed E-state index contributed by atoms with van der Waals surface area (Å²) in [5, 5.41) is 6.10. The number of hydrogen-bond donors (Lipinski definition) is 2. The van der Waals surface area contributed by atoms with E-state index in [9.17, 15) is 4.79 Å². The minimum atomic E-state index is 0.0862. The van der Waals surface area contributed by atoms with Gasteiger partial charge in [-0.1, -0.05) is 12.1 Å². The summed E-state index contributed by atoms with van der Waals surface area (Å²) >= 11 is 0. The Morgan fingerprint density at radius 2 is 2.17 bits per heavy atom. The van der Waals surface area contributed by atoms with E-state index in [-0.39, 0.29) is 11.9 Å². The summed E-state index contributed by atoms with van der Waals surface area (Å²) in [4.78, 5) is 11.4. The van der Waals surface area contributed by atoms with Gasteiger partial charge in [0.2, 0.25) is 5.91 Å². The minimum absolute atomic E-state index is 0.0862. The molecule has 0 heterocycles. The van der Waals surface area contributed by atoms with Gasteiger partial charge in [-0.05, 0) is 31.5 Å². The molecule has 0 fully saturated rings. The van der Waals surface area contributed by atoms with E-state index in [0.29, 0.717) is 13.0 Å². The second-order valence-electron chi connectivity index (χ2n) is 4.50. The number of hydrogen-bond acceptors (Lipinski definition) is 3. The molecule has 1 aromatic carbocycles. The third kappa shape index (κ3) is 5.68. The fourth-order valence-electron chi connectivity index (χ4n) is 1.61. The predicted molar refractivity (Wildman–Crippen MR) is 72.6 cm³/mol. The van der Waals surface area contributed by atoms with Crippen LogP contribution in [-0.4, -0.2) is 25.6 Å². The molecule has 0 aliphatic heterocycles. The van der Waals surface area contributed by atoms with Gasteiger partial charge in [0.15, 0.2) is 0 Å². The lowest BCUT2D eigenvalue weighted by molar-refractivity contribution is -0.121. The van der Waals surface area contributed by atoms with Gasteiger partial charge < -0.3 is 15.4 Å². The third-order valence-electron chi connectivity index (χ3n) is 2.44. The molecule has 2 N–H and O–H groups in total. The molecule has 4 nitrogen and oxygen atoms in total. The monoisotopic (exact) mass is 250 g/mol. The number of nitrogens with one attached hydrogen (secondary N) is 2. The lowest BCUT2D eigenvalue weighted by Crippen LogP contribution is -2.32. The number of amides is 1. The average molecular weight is 250 g/mol. The molecule has 0 radical (unpaired) electrons. The average Bonchev–Trinajstić information content (AvgIpc) is 2.34. The van der Waals surface area contributed by atoms with Crippen molar-refractivity contribution >= 4 is 5.91 Å². The highest BCUT2D eigenvalue weighted by Gasteiger charge is 2.02. The molecular formula is C14H22N2O2. The highest BCUT2D eigenvalue weighted by Crippen LogP contribution is 2.11. The second kappa shape index (κ2) is 7.71. The van der Waals surface area contributed by atoms with Gasteiger partial charge in [-0.3, -0.25) is 4.79 Å². The van der Waals surface area contributed by atoms with Crippen LogP contribution in [0.3, 0.4) is 0 Å². The van der Waals surface area contributed by atoms with Crippen molar-refractivity contribution in [3.8, 4) is 5.75 Å². The molecule has 0 saturated heterocycles. The fraction of sp³-hybridized carbons (Fsp3) is 0.500. The number of rotatable bonds is 7. The van der Waals surface area contributed by atoms with Crippen LogP contribution in [0.25, 0.3) is 0 Å². The number of methoxy groups -OCH3 is 1. The zero-order valence-corrected chi connectivity index (χ0v) is 11.3. The maximum absolute atomic E-state index is 11.4. The van der Waals surface area contributed by atoms with Gasteiger partial charge in [-0.2, -0.15) is 0 Å². The van der Waals surface area contributed by atoms with Gasteiger partial charge >= 0.3 is 0 Å². The first-order chi connectivity index (χ1) is 8.61. The van der Waals surface area contributed by atoms with Gasteiger partial charge in [-0.15, -0.1) is 0 Å². The van der Waals surface area contributed by atoms with Gasteiger partial charge in [0.05, 0.1) is 7.11 Å². The maximum Gasteiger partial charge on any atom is 0.221 e. The van der Waals surface area contributed by atoms with E-state index in [4.69, 9.17) is 4.74 Å². The molecule has 100 valence electrons. The molecule has 0 unspecified atom stereocenters. The van der Waals surface area contributed by atoms with E-state index in [1.807, 2.05) is 38.1 Å². The van der Waals surface area contributed by atoms with Gasteiger partial charge in [-0.25, -0.2) is 0 Å². The summed E-state index contributed by atoms with van der Waals surface area (Å²) in [7, 11) is 1.66. The molecule has 1 amide bonds. The lowest BCUT2D eigenvalue weighted by atomic mass is 10.2. The molecule has 0 atom stereocenters. The van der Waals surface area contributed by atoms with E-state index < -0.39 is 0 Å². The second-order valence-corrected chi connectivity index (χ2v) is 4.50. The van der Waals surface area contributed by atoms with Crippen molar-refractivity contribution in [3.05, 3.63) is 29.8 Å². The van der Waals surface area contributed by atoms with Crippen molar-refractivity contribution in [2.45, 2.75) is 32.9 Å². The summed E-state index contributed by atoms with van der Waals surface area (Å²) in [6.07, 6.45) is 0.502. The Kier molecular flexibility index (Phi) is 6.22. The van der Waals surface area contributed by atoms with Crippen molar-refractivity contribution in [3.63, 3.8) is 0 Å². The topological polar surface area (TPSA) is 50.4 Å². The Balaban J connectivity index is 2.23. The van der Waals surface area contributed by atoms with E-state index in [2.05, 4.69) is 10.6 Å². The van der Waals surface area contributed by atoms with E-state index >= 15 is 0 Å². The van der Waals surface area contributed by atoms with E-state index in [0.717, 1.165) is 17.9 Å². The quantitative estimate of drug-likeness (QED) is 0.724. The van der Waals surface area contributed by atoms with Crippen LogP contribution in [0.4, 0.5) is 0 Å². The van der Waals surface area contributed by atoms with E-state index in [1.54, 1.807) is 7.11 Å². The number of carbonyl (C=O) groups excluding carboxylic acids is 1. The largest absolute Gasteiger partial charge is 0.497 e. The third-order valence-corrected chi connectivity index (χ3v) is 2.44. The molecule has 18 heavy (non-hydrogen) atoms. The summed E-state index contributed by atoms with van der Waals surface area (Å²) in [6.45, 7) is 5.34. The van der Waals surface area contributed by atoms with Gasteiger partial charge in [0.1, 0.15) is 5.75 Å². The molecule has 0 spiro atoms. The number of carbonyl (C=O) groups is 1. The SMILES string of the molecule is COc1cccc(CNCCC(=O)NC(C)C)c1. The highest BCUT2D eigenvalue weighted by atomic mass is 16.5. The Hall–Kier alpha value is -1.55. The maximum atomic E-state index is 11.4. The zero-order valence-electron chi connectivity index (χ0n) is 11.3. The first-order valence-corrected chi connectivity index (χ1v) is 6.25. The predicted octanol–water partition coefficient (Wildman–Crippen LogP) is 1.70. The van der Waals surface area contributed by atoms with Crippen LogP contribution in [0.2, 0.25) is 0 Å². The Bertz CT molecular complexity index is 378. The van der Waals surface area contributed by atoms with Crippen LogP contribution in [-0.2, 0) is 11.3 Å². The first kappa shape index (κ1) is 14.5. The zero-order chi connectivity index (χ0) is 13.4. The molecule has 0 bridgehead atoms. The lowest BCUT2D eigenvalue weighted by Gasteiger charge is -2.09.